The number of rotatable bonds is 6. The van der Waals surface area contributed by atoms with Crippen LogP contribution in [0.2, 0.25) is 0 Å². The quantitative estimate of drug-likeness (QED) is 0.852. The zero-order chi connectivity index (χ0) is 14.3. The van der Waals surface area contributed by atoms with Gasteiger partial charge < -0.3 is 10.2 Å². The lowest BCUT2D eigenvalue weighted by Gasteiger charge is -2.27. The number of hydrogen-bond acceptors (Lipinski definition) is 2. The zero-order valence-corrected chi connectivity index (χ0v) is 11.8. The van der Waals surface area contributed by atoms with Crippen molar-refractivity contribution in [1.82, 2.24) is 10.2 Å². The van der Waals surface area contributed by atoms with E-state index in [9.17, 15) is 9.59 Å². The Labute approximate surface area is 114 Å². The number of carbonyl (C=O) groups is 2. The number of carbonyl (C=O) groups excluding carboxylic acids is 2. The van der Waals surface area contributed by atoms with E-state index in [-0.39, 0.29) is 11.8 Å². The van der Waals surface area contributed by atoms with Crippen LogP contribution in [0.1, 0.15) is 32.8 Å². The molecule has 0 saturated carbocycles. The van der Waals surface area contributed by atoms with E-state index < -0.39 is 6.04 Å². The first-order valence-corrected chi connectivity index (χ1v) is 6.65. The van der Waals surface area contributed by atoms with Crippen molar-refractivity contribution in [1.29, 1.82) is 0 Å². The van der Waals surface area contributed by atoms with Crippen LogP contribution >= 0.6 is 0 Å². The topological polar surface area (TPSA) is 49.4 Å². The summed E-state index contributed by atoms with van der Waals surface area (Å²) in [6.07, 6.45) is 0.886. The number of benzene rings is 1. The highest BCUT2D eigenvalue weighted by Gasteiger charge is 2.23. The predicted molar refractivity (Wildman–Crippen MR) is 75.4 cm³/mol. The smallest absolute Gasteiger partial charge is 0.242 e. The zero-order valence-electron chi connectivity index (χ0n) is 11.8. The maximum absolute atomic E-state index is 11.9. The molecule has 1 N–H and O–H groups in total. The molecule has 4 heteroatoms. The Bertz CT molecular complexity index is 417. The number of nitrogens with zero attached hydrogens (tertiary/aromatic N) is 1. The van der Waals surface area contributed by atoms with Gasteiger partial charge in [-0.15, -0.1) is 0 Å². The molecular formula is C15H22N2O2. The Morgan fingerprint density at radius 2 is 1.89 bits per heavy atom. The minimum atomic E-state index is -0.454. The summed E-state index contributed by atoms with van der Waals surface area (Å²) in [4.78, 5) is 25.2. The first kappa shape index (κ1) is 15.2. The molecule has 1 atom stereocenters. The molecule has 0 heterocycles. The molecule has 1 aromatic carbocycles. The van der Waals surface area contributed by atoms with Crippen molar-refractivity contribution in [3.8, 4) is 0 Å². The van der Waals surface area contributed by atoms with Crippen molar-refractivity contribution >= 4 is 11.8 Å². The summed E-state index contributed by atoms with van der Waals surface area (Å²) in [5.74, 6) is -0.198. The third-order valence-corrected chi connectivity index (χ3v) is 3.00. The third kappa shape index (κ3) is 4.73. The summed E-state index contributed by atoms with van der Waals surface area (Å²) in [7, 11) is 0. The molecule has 19 heavy (non-hydrogen) atoms. The normalized spacial score (nSPS) is 11.7. The van der Waals surface area contributed by atoms with Crippen LogP contribution in [-0.4, -0.2) is 29.3 Å². The van der Waals surface area contributed by atoms with Gasteiger partial charge in [0, 0.05) is 20.0 Å². The van der Waals surface area contributed by atoms with Crippen LogP contribution in [0.3, 0.4) is 0 Å². The van der Waals surface area contributed by atoms with Crippen LogP contribution < -0.4 is 5.32 Å². The lowest BCUT2D eigenvalue weighted by Crippen LogP contribution is -2.46. The summed E-state index contributed by atoms with van der Waals surface area (Å²) in [5.41, 5.74) is 1.02. The molecule has 0 spiro atoms. The molecule has 0 saturated heterocycles. The van der Waals surface area contributed by atoms with Crippen LogP contribution in [0.5, 0.6) is 0 Å². The number of nitrogens with one attached hydrogen (secondary N) is 1. The van der Waals surface area contributed by atoms with E-state index in [4.69, 9.17) is 0 Å². The second kappa shape index (κ2) is 7.56. The minimum Gasteiger partial charge on any atom is -0.354 e. The van der Waals surface area contributed by atoms with Gasteiger partial charge in [-0.25, -0.2) is 0 Å². The second-order valence-electron chi connectivity index (χ2n) is 4.60. The fourth-order valence-electron chi connectivity index (χ4n) is 1.84. The minimum absolute atomic E-state index is 0.0944. The van der Waals surface area contributed by atoms with Gasteiger partial charge in [0.2, 0.25) is 11.8 Å². The Hall–Kier alpha value is -1.84. The predicted octanol–water partition coefficient (Wildman–Crippen LogP) is 1.95. The summed E-state index contributed by atoms with van der Waals surface area (Å²) >= 11 is 0. The summed E-state index contributed by atoms with van der Waals surface area (Å²) in [6, 6.07) is 9.23. The van der Waals surface area contributed by atoms with Crippen molar-refractivity contribution in [3.63, 3.8) is 0 Å². The molecular weight excluding hydrogens is 240 g/mol. The van der Waals surface area contributed by atoms with Gasteiger partial charge in [-0.05, 0) is 18.9 Å². The van der Waals surface area contributed by atoms with Gasteiger partial charge in [0.25, 0.3) is 0 Å². The first-order chi connectivity index (χ1) is 9.06. The standard InChI is InChI=1S/C15H22N2O2/c1-4-10-16-15(19)12(2)17(13(3)18)11-14-8-6-5-7-9-14/h5-9,12H,4,10-11H2,1-3H3,(H,16,19)/t12-/m0/s1. The highest BCUT2D eigenvalue weighted by molar-refractivity contribution is 5.86. The van der Waals surface area contributed by atoms with Crippen molar-refractivity contribution in [2.75, 3.05) is 6.54 Å². The van der Waals surface area contributed by atoms with Crippen molar-refractivity contribution in [2.24, 2.45) is 0 Å². The van der Waals surface area contributed by atoms with E-state index in [1.54, 1.807) is 11.8 Å². The van der Waals surface area contributed by atoms with E-state index in [0.717, 1.165) is 12.0 Å². The van der Waals surface area contributed by atoms with Gasteiger partial charge in [0.15, 0.2) is 0 Å². The van der Waals surface area contributed by atoms with E-state index >= 15 is 0 Å². The maximum Gasteiger partial charge on any atom is 0.242 e. The highest BCUT2D eigenvalue weighted by atomic mass is 16.2. The van der Waals surface area contributed by atoms with E-state index in [1.165, 1.54) is 6.92 Å². The molecule has 0 aliphatic rings. The molecule has 1 aromatic rings. The average molecular weight is 262 g/mol. The molecule has 0 radical (unpaired) electrons. The number of amides is 2. The van der Waals surface area contributed by atoms with Crippen LogP contribution in [-0.2, 0) is 16.1 Å². The van der Waals surface area contributed by atoms with Gasteiger partial charge >= 0.3 is 0 Å². The fourth-order valence-corrected chi connectivity index (χ4v) is 1.84. The number of hydrogen-bond donors (Lipinski definition) is 1. The largest absolute Gasteiger partial charge is 0.354 e. The molecule has 2 amide bonds. The molecule has 0 aliphatic carbocycles. The molecule has 0 unspecified atom stereocenters. The molecule has 0 aliphatic heterocycles. The first-order valence-electron chi connectivity index (χ1n) is 6.65. The van der Waals surface area contributed by atoms with E-state index in [1.807, 2.05) is 37.3 Å². The molecule has 0 aromatic heterocycles. The molecule has 0 fully saturated rings. The Morgan fingerprint density at radius 3 is 2.42 bits per heavy atom. The molecule has 104 valence electrons. The monoisotopic (exact) mass is 262 g/mol. The lowest BCUT2D eigenvalue weighted by atomic mass is 10.1. The molecule has 0 bridgehead atoms. The van der Waals surface area contributed by atoms with Crippen molar-refractivity contribution in [3.05, 3.63) is 35.9 Å². The summed E-state index contributed by atoms with van der Waals surface area (Å²) < 4.78 is 0. The van der Waals surface area contributed by atoms with Crippen molar-refractivity contribution in [2.45, 2.75) is 39.8 Å². The van der Waals surface area contributed by atoms with Gasteiger partial charge in [0.05, 0.1) is 0 Å². The summed E-state index contributed by atoms with van der Waals surface area (Å²) in [5, 5.41) is 2.82. The van der Waals surface area contributed by atoms with Crippen LogP contribution in [0.25, 0.3) is 0 Å². The van der Waals surface area contributed by atoms with Crippen molar-refractivity contribution < 1.29 is 9.59 Å². The Balaban J connectivity index is 2.72. The summed E-state index contributed by atoms with van der Waals surface area (Å²) in [6.45, 7) is 6.34. The lowest BCUT2D eigenvalue weighted by molar-refractivity contribution is -0.138. The highest BCUT2D eigenvalue weighted by Crippen LogP contribution is 2.09. The van der Waals surface area contributed by atoms with Gasteiger partial charge in [-0.3, -0.25) is 9.59 Å². The maximum atomic E-state index is 11.9. The Morgan fingerprint density at radius 1 is 1.26 bits per heavy atom. The second-order valence-corrected chi connectivity index (χ2v) is 4.60. The SMILES string of the molecule is CCCNC(=O)[C@H](C)N(Cc1ccccc1)C(C)=O. The van der Waals surface area contributed by atoms with Crippen LogP contribution in [0.15, 0.2) is 30.3 Å². The fraction of sp³-hybridized carbons (Fsp3) is 0.467. The van der Waals surface area contributed by atoms with Crippen LogP contribution in [0.4, 0.5) is 0 Å². The van der Waals surface area contributed by atoms with Gasteiger partial charge in [-0.1, -0.05) is 37.3 Å². The van der Waals surface area contributed by atoms with E-state index in [2.05, 4.69) is 5.32 Å². The van der Waals surface area contributed by atoms with Gasteiger partial charge in [0.1, 0.15) is 6.04 Å². The van der Waals surface area contributed by atoms with Gasteiger partial charge in [-0.2, -0.15) is 0 Å². The van der Waals surface area contributed by atoms with Crippen LogP contribution in [0, 0.1) is 0 Å². The average Bonchev–Trinajstić information content (AvgIpc) is 2.42. The molecule has 1 rings (SSSR count). The third-order valence-electron chi connectivity index (χ3n) is 3.00. The Kier molecular flexibility index (Phi) is 6.06. The molecule has 4 nitrogen and oxygen atoms in total. The van der Waals surface area contributed by atoms with E-state index in [0.29, 0.717) is 13.1 Å².